The molecule has 3 heterocycles. The monoisotopic (exact) mass is 393 g/mol. The van der Waals surface area contributed by atoms with Crippen LogP contribution in [0.25, 0.3) is 0 Å². The van der Waals surface area contributed by atoms with E-state index in [1.807, 2.05) is 30.0 Å². The number of aromatic nitrogens is 2. The molecule has 4 rings (SSSR count). The molecule has 150 valence electrons. The van der Waals surface area contributed by atoms with E-state index in [0.717, 1.165) is 17.7 Å². The summed E-state index contributed by atoms with van der Waals surface area (Å²) in [5.74, 6) is -0.379. The molecular formula is C20H22F3N3O2. The van der Waals surface area contributed by atoms with E-state index in [1.165, 1.54) is 16.3 Å². The molecule has 0 fully saturated rings. The van der Waals surface area contributed by atoms with Gasteiger partial charge in [-0.15, -0.1) is 0 Å². The molecule has 1 atom stereocenters. The molecule has 5 nitrogen and oxygen atoms in total. The van der Waals surface area contributed by atoms with Gasteiger partial charge >= 0.3 is 6.18 Å². The molecule has 0 radical (unpaired) electrons. The van der Waals surface area contributed by atoms with E-state index in [0.29, 0.717) is 38.2 Å². The van der Waals surface area contributed by atoms with Crippen molar-refractivity contribution in [2.75, 3.05) is 13.2 Å². The maximum atomic E-state index is 13.0. The molecule has 1 unspecified atom stereocenters. The minimum absolute atomic E-state index is 0.00784. The third-order valence-electron chi connectivity index (χ3n) is 5.51. The van der Waals surface area contributed by atoms with Crippen molar-refractivity contribution in [2.24, 2.45) is 5.92 Å². The van der Waals surface area contributed by atoms with Crippen LogP contribution in [-0.2, 0) is 36.9 Å². The SMILES string of the molecule is CCOc1ccc2c(c1)CN(C(=O)C1CCn3c(cnc3C(F)(F)F)C1)CC2. The van der Waals surface area contributed by atoms with Gasteiger partial charge in [-0.05, 0) is 43.0 Å². The van der Waals surface area contributed by atoms with Crippen LogP contribution in [0, 0.1) is 5.92 Å². The number of hydrogen-bond donors (Lipinski definition) is 0. The standard InChI is InChI=1S/C20H22F3N3O2/c1-2-28-17-4-3-13-5-7-25(12-15(13)10-17)18(27)14-6-8-26-16(9-14)11-24-19(26)20(21,22)23/h3-4,10-11,14H,2,5-9,12H2,1H3. The summed E-state index contributed by atoms with van der Waals surface area (Å²) < 4.78 is 45.8. The summed E-state index contributed by atoms with van der Waals surface area (Å²) in [7, 11) is 0. The maximum absolute atomic E-state index is 13.0. The van der Waals surface area contributed by atoms with Gasteiger partial charge in [0, 0.05) is 43.9 Å². The Bertz CT molecular complexity index is 891. The number of rotatable bonds is 3. The number of amides is 1. The summed E-state index contributed by atoms with van der Waals surface area (Å²) in [6.07, 6.45) is -1.75. The van der Waals surface area contributed by atoms with Crippen molar-refractivity contribution in [3.05, 3.63) is 47.0 Å². The third kappa shape index (κ3) is 3.47. The molecule has 1 amide bonds. The van der Waals surface area contributed by atoms with E-state index < -0.39 is 12.0 Å². The highest BCUT2D eigenvalue weighted by molar-refractivity contribution is 5.79. The number of nitrogens with zero attached hydrogens (tertiary/aromatic N) is 3. The first-order valence-electron chi connectivity index (χ1n) is 9.51. The van der Waals surface area contributed by atoms with Crippen molar-refractivity contribution < 1.29 is 22.7 Å². The van der Waals surface area contributed by atoms with E-state index in [2.05, 4.69) is 4.98 Å². The molecule has 0 spiro atoms. The van der Waals surface area contributed by atoms with Gasteiger partial charge in [-0.1, -0.05) is 6.07 Å². The molecule has 8 heteroatoms. The van der Waals surface area contributed by atoms with E-state index >= 15 is 0 Å². The lowest BCUT2D eigenvalue weighted by Crippen LogP contribution is -2.42. The van der Waals surface area contributed by atoms with Crippen LogP contribution in [0.3, 0.4) is 0 Å². The lowest BCUT2D eigenvalue weighted by Gasteiger charge is -2.33. The molecule has 0 aliphatic carbocycles. The molecule has 2 aliphatic rings. The first kappa shape index (κ1) is 18.8. The van der Waals surface area contributed by atoms with E-state index in [4.69, 9.17) is 4.74 Å². The number of hydrogen-bond acceptors (Lipinski definition) is 3. The van der Waals surface area contributed by atoms with Crippen LogP contribution >= 0.6 is 0 Å². The number of carbonyl (C=O) groups excluding carboxylic acids is 1. The normalized spacial score (nSPS) is 19.1. The number of fused-ring (bicyclic) bond motifs is 2. The van der Waals surface area contributed by atoms with Crippen molar-refractivity contribution in [1.82, 2.24) is 14.5 Å². The summed E-state index contributed by atoms with van der Waals surface area (Å²) in [6, 6.07) is 5.96. The van der Waals surface area contributed by atoms with Gasteiger partial charge in [0.25, 0.3) is 0 Å². The molecule has 1 aromatic carbocycles. The quantitative estimate of drug-likeness (QED) is 0.803. The number of ether oxygens (including phenoxy) is 1. The number of imidazole rings is 1. The van der Waals surface area contributed by atoms with Gasteiger partial charge in [-0.3, -0.25) is 4.79 Å². The van der Waals surface area contributed by atoms with Crippen molar-refractivity contribution in [2.45, 2.75) is 45.5 Å². The Kier molecular flexibility index (Phi) is 4.81. The third-order valence-corrected chi connectivity index (χ3v) is 5.51. The van der Waals surface area contributed by atoms with Crippen LogP contribution in [0.4, 0.5) is 13.2 Å². The van der Waals surface area contributed by atoms with Gasteiger partial charge in [0.05, 0.1) is 6.61 Å². The maximum Gasteiger partial charge on any atom is 0.449 e. The smallest absolute Gasteiger partial charge is 0.449 e. The van der Waals surface area contributed by atoms with E-state index in [1.54, 1.807) is 0 Å². The average Bonchev–Trinajstić information content (AvgIpc) is 3.10. The second-order valence-corrected chi connectivity index (χ2v) is 7.29. The zero-order valence-electron chi connectivity index (χ0n) is 15.6. The summed E-state index contributed by atoms with van der Waals surface area (Å²) in [4.78, 5) is 18.4. The molecular weight excluding hydrogens is 371 g/mol. The fourth-order valence-electron chi connectivity index (χ4n) is 4.14. The van der Waals surface area contributed by atoms with E-state index in [9.17, 15) is 18.0 Å². The van der Waals surface area contributed by atoms with Gasteiger partial charge in [0.2, 0.25) is 11.7 Å². The van der Waals surface area contributed by atoms with Crippen molar-refractivity contribution >= 4 is 5.91 Å². The second-order valence-electron chi connectivity index (χ2n) is 7.29. The Morgan fingerprint density at radius 2 is 2.11 bits per heavy atom. The zero-order chi connectivity index (χ0) is 19.9. The Morgan fingerprint density at radius 1 is 1.29 bits per heavy atom. The highest BCUT2D eigenvalue weighted by Gasteiger charge is 2.40. The lowest BCUT2D eigenvalue weighted by atomic mass is 9.92. The average molecular weight is 393 g/mol. The highest BCUT2D eigenvalue weighted by atomic mass is 19.4. The van der Waals surface area contributed by atoms with Crippen LogP contribution in [-0.4, -0.2) is 33.5 Å². The van der Waals surface area contributed by atoms with Crippen LogP contribution in [0.1, 0.15) is 36.0 Å². The first-order chi connectivity index (χ1) is 13.4. The molecule has 2 aliphatic heterocycles. The highest BCUT2D eigenvalue weighted by Crippen LogP contribution is 2.33. The largest absolute Gasteiger partial charge is 0.494 e. The van der Waals surface area contributed by atoms with Gasteiger partial charge in [-0.2, -0.15) is 13.2 Å². The Morgan fingerprint density at radius 3 is 2.86 bits per heavy atom. The van der Waals surface area contributed by atoms with Crippen molar-refractivity contribution in [1.29, 1.82) is 0 Å². The molecule has 0 saturated carbocycles. The van der Waals surface area contributed by atoms with Crippen molar-refractivity contribution in [3.63, 3.8) is 0 Å². The molecule has 28 heavy (non-hydrogen) atoms. The number of carbonyl (C=O) groups is 1. The fraction of sp³-hybridized carbons (Fsp3) is 0.500. The minimum atomic E-state index is -4.47. The minimum Gasteiger partial charge on any atom is -0.494 e. The van der Waals surface area contributed by atoms with Gasteiger partial charge in [-0.25, -0.2) is 4.98 Å². The fourth-order valence-corrected chi connectivity index (χ4v) is 4.14. The van der Waals surface area contributed by atoms with Gasteiger partial charge < -0.3 is 14.2 Å². The predicted octanol–water partition coefficient (Wildman–Crippen LogP) is 3.45. The number of alkyl halides is 3. The summed E-state index contributed by atoms with van der Waals surface area (Å²) >= 11 is 0. The van der Waals surface area contributed by atoms with Crippen LogP contribution in [0.5, 0.6) is 5.75 Å². The summed E-state index contributed by atoms with van der Waals surface area (Å²) in [6.45, 7) is 3.81. The number of halogens is 3. The lowest BCUT2D eigenvalue weighted by molar-refractivity contribution is -0.147. The Hall–Kier alpha value is -2.51. The second kappa shape index (κ2) is 7.14. The van der Waals surface area contributed by atoms with Crippen LogP contribution in [0.2, 0.25) is 0 Å². The summed E-state index contributed by atoms with van der Waals surface area (Å²) in [5, 5.41) is 0. The molecule has 0 bridgehead atoms. The van der Waals surface area contributed by atoms with Crippen molar-refractivity contribution in [3.8, 4) is 5.75 Å². The van der Waals surface area contributed by atoms with Crippen LogP contribution in [0.15, 0.2) is 24.4 Å². The summed E-state index contributed by atoms with van der Waals surface area (Å²) in [5.41, 5.74) is 2.77. The first-order valence-corrected chi connectivity index (χ1v) is 9.51. The zero-order valence-corrected chi connectivity index (χ0v) is 15.6. The predicted molar refractivity (Wildman–Crippen MR) is 95.8 cm³/mol. The topological polar surface area (TPSA) is 47.4 Å². The van der Waals surface area contributed by atoms with E-state index in [-0.39, 0.29) is 18.4 Å². The van der Waals surface area contributed by atoms with Crippen LogP contribution < -0.4 is 4.74 Å². The molecule has 2 aromatic rings. The molecule has 0 saturated heterocycles. The molecule has 1 aromatic heterocycles. The Labute approximate surface area is 161 Å². The molecule has 0 N–H and O–H groups in total. The number of benzene rings is 1. The van der Waals surface area contributed by atoms with Gasteiger partial charge in [0.15, 0.2) is 0 Å². The van der Waals surface area contributed by atoms with Gasteiger partial charge in [0.1, 0.15) is 5.75 Å². The Balaban J connectivity index is 1.47.